The number of hydrogen-bond acceptors (Lipinski definition) is 10. The third kappa shape index (κ3) is 4.89. The lowest BCUT2D eigenvalue weighted by Crippen LogP contribution is -2.51. The minimum atomic E-state index is -2.92. The summed E-state index contributed by atoms with van der Waals surface area (Å²) in [5, 5.41) is 18.6. The second-order valence-electron chi connectivity index (χ2n) is 9.63. The van der Waals surface area contributed by atoms with Crippen molar-refractivity contribution in [3.63, 3.8) is 0 Å². The number of anilines is 2. The first-order chi connectivity index (χ1) is 18.6. The smallest absolute Gasteiger partial charge is 0.264 e. The summed E-state index contributed by atoms with van der Waals surface area (Å²) in [5.41, 5.74) is 5.55. The van der Waals surface area contributed by atoms with Gasteiger partial charge < -0.3 is 25.0 Å². The standard InChI is InChI=1S/C24H25F4N9O2/c1-24(18(38)19(27)28)4-3-5-36(9-24)22-15(8-37-11-32-17-20(29)30-10-31-23(17)37)33-21(34-35-22)12-6-14(26)16(39-2)7-13(12)25/h6-7,10-11,18-19,38H,3-5,8-9H2,1-2H3,(H2,29,30,31)/t18-,24-/m0/s1. The van der Waals surface area contributed by atoms with Gasteiger partial charge in [0.2, 0.25) is 0 Å². The van der Waals surface area contributed by atoms with Gasteiger partial charge in [-0.25, -0.2) is 37.5 Å². The molecule has 4 aromatic rings. The van der Waals surface area contributed by atoms with E-state index in [-0.39, 0.29) is 47.6 Å². The zero-order chi connectivity index (χ0) is 27.9. The van der Waals surface area contributed by atoms with Crippen molar-refractivity contribution in [2.24, 2.45) is 5.41 Å². The molecule has 5 rings (SSSR count). The van der Waals surface area contributed by atoms with E-state index in [2.05, 4.69) is 30.1 Å². The van der Waals surface area contributed by atoms with Crippen LogP contribution in [0.4, 0.5) is 29.2 Å². The molecule has 1 aliphatic rings. The summed E-state index contributed by atoms with van der Waals surface area (Å²) in [5.74, 6) is -1.71. The van der Waals surface area contributed by atoms with E-state index in [9.17, 15) is 22.7 Å². The molecule has 2 atom stereocenters. The number of hydrogen-bond donors (Lipinski definition) is 2. The highest BCUT2D eigenvalue weighted by atomic mass is 19.3. The number of ether oxygens (including phenoxy) is 1. The number of benzene rings is 1. The molecule has 1 aliphatic heterocycles. The molecule has 3 N–H and O–H groups in total. The number of aliphatic hydroxyl groups is 1. The van der Waals surface area contributed by atoms with Crippen molar-refractivity contribution in [1.29, 1.82) is 0 Å². The maximum atomic E-state index is 14.9. The van der Waals surface area contributed by atoms with Gasteiger partial charge in [-0.3, -0.25) is 0 Å². The molecule has 39 heavy (non-hydrogen) atoms. The van der Waals surface area contributed by atoms with Gasteiger partial charge in [0, 0.05) is 24.6 Å². The summed E-state index contributed by atoms with van der Waals surface area (Å²) in [7, 11) is 1.21. The van der Waals surface area contributed by atoms with Gasteiger partial charge in [0.15, 0.2) is 34.7 Å². The van der Waals surface area contributed by atoms with Crippen LogP contribution in [0, 0.1) is 17.0 Å². The highest BCUT2D eigenvalue weighted by Gasteiger charge is 2.43. The summed E-state index contributed by atoms with van der Waals surface area (Å²) in [6.07, 6.45) is -1.15. The molecule has 11 nitrogen and oxygen atoms in total. The Balaban J connectivity index is 1.60. The van der Waals surface area contributed by atoms with Gasteiger partial charge in [-0.1, -0.05) is 6.92 Å². The molecule has 0 aliphatic carbocycles. The molecule has 3 aromatic heterocycles. The average molecular weight is 548 g/mol. The molecule has 0 amide bonds. The van der Waals surface area contributed by atoms with Gasteiger partial charge in [0.25, 0.3) is 6.43 Å². The van der Waals surface area contributed by atoms with Crippen molar-refractivity contribution >= 4 is 22.8 Å². The third-order valence-corrected chi connectivity index (χ3v) is 6.95. The largest absolute Gasteiger partial charge is 0.494 e. The number of nitrogen functional groups attached to an aromatic ring is 1. The SMILES string of the molecule is COc1cc(F)c(-c2nnc(N3CCC[C@](C)([C@@H](O)C(F)F)C3)c(Cn3cnc4c(N)ncnc43)n2)cc1F. The van der Waals surface area contributed by atoms with E-state index in [0.717, 1.165) is 12.1 Å². The number of fused-ring (bicyclic) bond motifs is 1. The van der Waals surface area contributed by atoms with Gasteiger partial charge in [-0.2, -0.15) is 0 Å². The number of methoxy groups -OCH3 is 1. The van der Waals surface area contributed by atoms with Crippen molar-refractivity contribution in [2.45, 2.75) is 38.8 Å². The minimum Gasteiger partial charge on any atom is -0.494 e. The molecule has 1 aromatic carbocycles. The Morgan fingerprint density at radius 2 is 1.95 bits per heavy atom. The number of imidazole rings is 1. The van der Waals surface area contributed by atoms with Crippen LogP contribution in [0.2, 0.25) is 0 Å². The molecule has 15 heteroatoms. The first-order valence-corrected chi connectivity index (χ1v) is 12.0. The first-order valence-electron chi connectivity index (χ1n) is 12.0. The fraction of sp³-hybridized carbons (Fsp3) is 0.417. The Kier molecular flexibility index (Phi) is 6.92. The molecule has 0 unspecified atom stereocenters. The lowest BCUT2D eigenvalue weighted by Gasteiger charge is -2.43. The van der Waals surface area contributed by atoms with Crippen molar-refractivity contribution < 1.29 is 27.4 Å². The van der Waals surface area contributed by atoms with Crippen LogP contribution in [0.25, 0.3) is 22.6 Å². The molecule has 0 radical (unpaired) electrons. The molecular formula is C24H25F4N9O2. The number of rotatable bonds is 7. The molecule has 0 bridgehead atoms. The Bertz CT molecular complexity index is 1520. The zero-order valence-corrected chi connectivity index (χ0v) is 21.0. The van der Waals surface area contributed by atoms with Crippen LogP contribution in [0.5, 0.6) is 5.75 Å². The van der Waals surface area contributed by atoms with Gasteiger partial charge in [0.1, 0.15) is 29.5 Å². The molecule has 0 spiro atoms. The van der Waals surface area contributed by atoms with Crippen LogP contribution in [-0.4, -0.2) is 72.5 Å². The number of piperidine rings is 1. The van der Waals surface area contributed by atoms with Crippen molar-refractivity contribution in [3.05, 3.63) is 42.1 Å². The van der Waals surface area contributed by atoms with Crippen LogP contribution in [0.1, 0.15) is 25.5 Å². The maximum Gasteiger partial charge on any atom is 0.264 e. The monoisotopic (exact) mass is 547 g/mol. The highest BCUT2D eigenvalue weighted by molar-refractivity contribution is 5.81. The summed E-state index contributed by atoms with van der Waals surface area (Å²) in [4.78, 5) is 18.6. The Hall–Kier alpha value is -4.14. The first kappa shape index (κ1) is 26.5. The van der Waals surface area contributed by atoms with Crippen molar-refractivity contribution in [2.75, 3.05) is 30.8 Å². The summed E-state index contributed by atoms with van der Waals surface area (Å²) in [6.45, 7) is 2.07. The summed E-state index contributed by atoms with van der Waals surface area (Å²) < 4.78 is 62.7. The highest BCUT2D eigenvalue weighted by Crippen LogP contribution is 2.38. The zero-order valence-electron chi connectivity index (χ0n) is 21.0. The van der Waals surface area contributed by atoms with Crippen LogP contribution in [-0.2, 0) is 6.54 Å². The fourth-order valence-electron chi connectivity index (χ4n) is 4.84. The van der Waals surface area contributed by atoms with Crippen molar-refractivity contribution in [1.82, 2.24) is 34.7 Å². The van der Waals surface area contributed by atoms with Gasteiger partial charge in [-0.15, -0.1) is 10.2 Å². The molecule has 4 heterocycles. The summed E-state index contributed by atoms with van der Waals surface area (Å²) in [6, 6.07) is 1.79. The number of nitrogens with zero attached hydrogens (tertiary/aromatic N) is 8. The van der Waals surface area contributed by atoms with E-state index in [1.165, 1.54) is 19.8 Å². The summed E-state index contributed by atoms with van der Waals surface area (Å²) >= 11 is 0. The van der Waals surface area contributed by atoms with Gasteiger partial charge >= 0.3 is 0 Å². The van der Waals surface area contributed by atoms with Crippen LogP contribution >= 0.6 is 0 Å². The Morgan fingerprint density at radius 3 is 2.69 bits per heavy atom. The second kappa shape index (κ2) is 10.2. The lowest BCUT2D eigenvalue weighted by atomic mass is 9.77. The molecule has 1 saturated heterocycles. The van der Waals surface area contributed by atoms with E-state index in [0.29, 0.717) is 30.6 Å². The van der Waals surface area contributed by atoms with Crippen LogP contribution in [0.15, 0.2) is 24.8 Å². The number of aliphatic hydroxyl groups excluding tert-OH is 1. The van der Waals surface area contributed by atoms with E-state index in [1.807, 2.05) is 0 Å². The molecular weight excluding hydrogens is 522 g/mol. The topological polar surface area (TPSA) is 141 Å². The van der Waals surface area contributed by atoms with E-state index in [4.69, 9.17) is 10.5 Å². The Morgan fingerprint density at radius 1 is 1.15 bits per heavy atom. The normalized spacial score (nSPS) is 18.6. The average Bonchev–Trinajstić information content (AvgIpc) is 3.33. The van der Waals surface area contributed by atoms with Crippen molar-refractivity contribution in [3.8, 4) is 17.1 Å². The predicted molar refractivity (Wildman–Crippen MR) is 132 cm³/mol. The Labute approximate surface area is 219 Å². The molecule has 206 valence electrons. The number of aromatic nitrogens is 7. The minimum absolute atomic E-state index is 0.00960. The molecule has 1 fully saturated rings. The number of halogens is 4. The molecule has 0 saturated carbocycles. The third-order valence-electron chi connectivity index (χ3n) is 6.95. The van der Waals surface area contributed by atoms with Crippen LogP contribution < -0.4 is 15.4 Å². The van der Waals surface area contributed by atoms with E-state index < -0.39 is 29.6 Å². The van der Waals surface area contributed by atoms with Gasteiger partial charge in [-0.05, 0) is 18.9 Å². The predicted octanol–water partition coefficient (Wildman–Crippen LogP) is 2.83. The van der Waals surface area contributed by atoms with Gasteiger partial charge in [0.05, 0.1) is 25.5 Å². The number of alkyl halides is 2. The van der Waals surface area contributed by atoms with E-state index >= 15 is 0 Å². The maximum absolute atomic E-state index is 14.9. The van der Waals surface area contributed by atoms with E-state index in [1.54, 1.807) is 16.4 Å². The van der Waals surface area contributed by atoms with Crippen LogP contribution in [0.3, 0.4) is 0 Å². The number of nitrogens with two attached hydrogens (primary N) is 1. The second-order valence-corrected chi connectivity index (χ2v) is 9.63. The lowest BCUT2D eigenvalue weighted by molar-refractivity contribution is -0.0812. The fourth-order valence-corrected chi connectivity index (χ4v) is 4.84. The quantitative estimate of drug-likeness (QED) is 0.332.